The van der Waals surface area contributed by atoms with E-state index in [0.29, 0.717) is 0 Å². The summed E-state index contributed by atoms with van der Waals surface area (Å²) in [6.45, 7) is 0. The monoisotopic (exact) mass is 692 g/mol. The fourth-order valence-corrected chi connectivity index (χ4v) is 8.49. The third kappa shape index (κ3) is 4.19. The van der Waals surface area contributed by atoms with E-state index in [1.165, 1.54) is 0 Å². The molecule has 4 heterocycles. The van der Waals surface area contributed by atoms with Crippen molar-refractivity contribution in [2.45, 2.75) is 0 Å². The molecule has 12 rings (SSSR count). The Morgan fingerprint density at radius 1 is 0.241 bits per heavy atom. The smallest absolute Gasteiger partial charge is 0.147 e. The minimum absolute atomic E-state index is 0.764. The lowest BCUT2D eigenvalue weighted by Crippen LogP contribution is -1.92. The molecule has 0 aliphatic heterocycles. The van der Waals surface area contributed by atoms with E-state index in [2.05, 4.69) is 109 Å². The molecule has 0 saturated heterocycles. The van der Waals surface area contributed by atoms with E-state index in [1.54, 1.807) is 0 Å². The maximum atomic E-state index is 6.99. The Hall–Kier alpha value is -7.30. The highest BCUT2D eigenvalue weighted by Gasteiger charge is 2.29. The van der Waals surface area contributed by atoms with Crippen LogP contribution >= 0.6 is 0 Å². The molecule has 0 spiro atoms. The molecule has 252 valence electrons. The van der Waals surface area contributed by atoms with Gasteiger partial charge in [-0.05, 0) is 80.8 Å². The Kier molecular flexibility index (Phi) is 6.02. The van der Waals surface area contributed by atoms with E-state index in [4.69, 9.17) is 17.7 Å². The predicted molar refractivity (Wildman–Crippen MR) is 220 cm³/mol. The van der Waals surface area contributed by atoms with E-state index < -0.39 is 0 Å². The summed E-state index contributed by atoms with van der Waals surface area (Å²) in [7, 11) is 0. The van der Waals surface area contributed by atoms with Crippen molar-refractivity contribution < 1.29 is 17.7 Å². The lowest BCUT2D eigenvalue weighted by atomic mass is 9.86. The van der Waals surface area contributed by atoms with E-state index in [9.17, 15) is 0 Å². The maximum Gasteiger partial charge on any atom is 0.147 e. The van der Waals surface area contributed by atoms with Crippen molar-refractivity contribution in [2.24, 2.45) is 0 Å². The first-order chi connectivity index (χ1) is 26.8. The number of rotatable bonds is 4. The molecular weight excluding hydrogens is 665 g/mol. The molecule has 54 heavy (non-hydrogen) atoms. The topological polar surface area (TPSA) is 52.6 Å². The summed E-state index contributed by atoms with van der Waals surface area (Å²) in [4.78, 5) is 0. The van der Waals surface area contributed by atoms with Gasteiger partial charge in [-0.3, -0.25) is 0 Å². The van der Waals surface area contributed by atoms with Crippen LogP contribution in [0.15, 0.2) is 188 Å². The zero-order valence-electron chi connectivity index (χ0n) is 28.8. The Bertz CT molecular complexity index is 3160. The average Bonchev–Trinajstić information content (AvgIpc) is 4.01. The van der Waals surface area contributed by atoms with Gasteiger partial charge in [-0.1, -0.05) is 121 Å². The first-order valence-corrected chi connectivity index (χ1v) is 18.2. The Balaban J connectivity index is 1.26. The van der Waals surface area contributed by atoms with Gasteiger partial charge in [-0.2, -0.15) is 0 Å². The summed E-state index contributed by atoms with van der Waals surface area (Å²) < 4.78 is 27.2. The van der Waals surface area contributed by atoms with E-state index in [0.717, 1.165) is 121 Å². The Morgan fingerprint density at radius 2 is 0.593 bits per heavy atom. The molecule has 0 aliphatic rings. The molecule has 0 radical (unpaired) electrons. The van der Waals surface area contributed by atoms with Gasteiger partial charge in [0.2, 0.25) is 0 Å². The van der Waals surface area contributed by atoms with Crippen molar-refractivity contribution in [3.8, 4) is 45.3 Å². The molecule has 12 aromatic rings. The van der Waals surface area contributed by atoms with Crippen molar-refractivity contribution in [1.82, 2.24) is 0 Å². The fourth-order valence-electron chi connectivity index (χ4n) is 8.49. The molecule has 4 aromatic heterocycles. The van der Waals surface area contributed by atoms with Gasteiger partial charge >= 0.3 is 0 Å². The molecule has 0 bridgehead atoms. The van der Waals surface area contributed by atoms with Crippen LogP contribution in [0.3, 0.4) is 0 Å². The predicted octanol–water partition coefficient (Wildman–Crippen LogP) is 14.8. The van der Waals surface area contributed by atoms with Crippen molar-refractivity contribution in [2.75, 3.05) is 0 Å². The van der Waals surface area contributed by atoms with Crippen molar-refractivity contribution in [3.05, 3.63) is 170 Å². The van der Waals surface area contributed by atoms with Crippen LogP contribution in [0.2, 0.25) is 0 Å². The van der Waals surface area contributed by atoms with E-state index >= 15 is 0 Å². The number of para-hydroxylation sites is 4. The second kappa shape index (κ2) is 11.1. The molecule has 8 aromatic carbocycles. The van der Waals surface area contributed by atoms with Crippen LogP contribution in [-0.2, 0) is 0 Å². The van der Waals surface area contributed by atoms with Gasteiger partial charge in [0.15, 0.2) is 0 Å². The summed E-state index contributed by atoms with van der Waals surface area (Å²) >= 11 is 0. The molecule has 0 atom stereocenters. The highest BCUT2D eigenvalue weighted by atomic mass is 16.4. The van der Waals surface area contributed by atoms with Crippen LogP contribution in [0.5, 0.6) is 0 Å². The standard InChI is InChI=1S/C50H28O4/c1-2-14-30-26-38-37(25-29(30)13-1)45(49-47(35-19-7-11-23-41(35)53-49)43-27-31-15-3-9-21-39(31)51-43)33-17-5-6-18-34(33)46(38)50-48(36-20-8-12-24-42(36)54-50)44-28-32-16-4-10-22-40(32)52-44/h1-28H. The average molecular weight is 693 g/mol. The van der Waals surface area contributed by atoms with Crippen LogP contribution < -0.4 is 0 Å². The molecule has 4 heteroatoms. The minimum Gasteiger partial charge on any atom is -0.456 e. The SMILES string of the molecule is c1ccc2cc3c(-c4oc5ccccc5c4-c4cc5ccccc5o4)c4ccccc4c(-c4oc5ccccc5c4-c4cc5ccccc5o4)c3cc2c1. The van der Waals surface area contributed by atoms with Gasteiger partial charge < -0.3 is 17.7 Å². The number of hydrogen-bond acceptors (Lipinski definition) is 4. The van der Waals surface area contributed by atoms with E-state index in [1.807, 2.05) is 60.7 Å². The summed E-state index contributed by atoms with van der Waals surface area (Å²) in [5.74, 6) is 3.06. The summed E-state index contributed by atoms with van der Waals surface area (Å²) in [5, 5.41) is 10.5. The van der Waals surface area contributed by atoms with Crippen molar-refractivity contribution >= 4 is 76.2 Å². The Labute approximate surface area is 308 Å². The molecule has 0 amide bonds. The zero-order chi connectivity index (χ0) is 35.3. The molecule has 0 unspecified atom stereocenters. The minimum atomic E-state index is 0.764. The largest absolute Gasteiger partial charge is 0.456 e. The second-order valence-electron chi connectivity index (χ2n) is 13.9. The molecule has 4 nitrogen and oxygen atoms in total. The van der Waals surface area contributed by atoms with Gasteiger partial charge in [-0.25, -0.2) is 0 Å². The van der Waals surface area contributed by atoms with Crippen LogP contribution in [0, 0.1) is 0 Å². The maximum absolute atomic E-state index is 6.99. The molecule has 0 aliphatic carbocycles. The number of fused-ring (bicyclic) bond motifs is 7. The van der Waals surface area contributed by atoms with E-state index in [-0.39, 0.29) is 0 Å². The highest BCUT2D eigenvalue weighted by Crippen LogP contribution is 2.53. The lowest BCUT2D eigenvalue weighted by molar-refractivity contribution is 0.616. The second-order valence-corrected chi connectivity index (χ2v) is 13.9. The third-order valence-corrected chi connectivity index (χ3v) is 10.9. The van der Waals surface area contributed by atoms with Crippen molar-refractivity contribution in [3.63, 3.8) is 0 Å². The lowest BCUT2D eigenvalue weighted by Gasteiger charge is -2.17. The van der Waals surface area contributed by atoms with Crippen LogP contribution in [0.25, 0.3) is 121 Å². The Morgan fingerprint density at radius 3 is 1.02 bits per heavy atom. The quantitative estimate of drug-likeness (QED) is 0.172. The van der Waals surface area contributed by atoms with Gasteiger partial charge in [-0.15, -0.1) is 0 Å². The molecule has 0 fully saturated rings. The number of hydrogen-bond donors (Lipinski definition) is 0. The first kappa shape index (κ1) is 29.3. The molecule has 0 saturated carbocycles. The van der Waals surface area contributed by atoms with Crippen LogP contribution in [-0.4, -0.2) is 0 Å². The van der Waals surface area contributed by atoms with Gasteiger partial charge in [0.1, 0.15) is 45.4 Å². The van der Waals surface area contributed by atoms with Gasteiger partial charge in [0.25, 0.3) is 0 Å². The van der Waals surface area contributed by atoms with Crippen LogP contribution in [0.1, 0.15) is 0 Å². The third-order valence-electron chi connectivity index (χ3n) is 10.9. The summed E-state index contributed by atoms with van der Waals surface area (Å²) in [6.07, 6.45) is 0. The number of furan rings is 4. The van der Waals surface area contributed by atoms with Crippen molar-refractivity contribution in [1.29, 1.82) is 0 Å². The fraction of sp³-hybridized carbons (Fsp3) is 0. The normalized spacial score (nSPS) is 12.1. The highest BCUT2D eigenvalue weighted by molar-refractivity contribution is 6.26. The molecular formula is C50H28O4. The number of benzene rings is 8. The zero-order valence-corrected chi connectivity index (χ0v) is 28.8. The van der Waals surface area contributed by atoms with Gasteiger partial charge in [0.05, 0.1) is 11.1 Å². The van der Waals surface area contributed by atoms with Crippen LogP contribution in [0.4, 0.5) is 0 Å². The first-order valence-electron chi connectivity index (χ1n) is 18.2. The van der Waals surface area contributed by atoms with Gasteiger partial charge in [0, 0.05) is 32.7 Å². The summed E-state index contributed by atoms with van der Waals surface area (Å²) in [5.41, 5.74) is 7.14. The summed E-state index contributed by atoms with van der Waals surface area (Å²) in [6, 6.07) is 58.7. The molecule has 0 N–H and O–H groups in total.